The average molecular weight is 319 g/mol. The molecule has 3 rings (SSSR count). The van der Waals surface area contributed by atoms with Gasteiger partial charge in [-0.25, -0.2) is 0 Å². The maximum atomic E-state index is 12.1. The molecule has 0 aliphatic carbocycles. The first-order chi connectivity index (χ1) is 11.7. The molecule has 0 unspecified atom stereocenters. The molecule has 0 saturated carbocycles. The van der Waals surface area contributed by atoms with E-state index in [2.05, 4.69) is 30.2 Å². The fraction of sp³-hybridized carbons (Fsp3) is 0. The number of nitrogens with zero attached hydrogens (tertiary/aromatic N) is 5. The van der Waals surface area contributed by atoms with E-state index in [1.54, 1.807) is 42.9 Å². The molecule has 3 aromatic heterocycles. The number of carbonyl (C=O) groups is 1. The summed E-state index contributed by atoms with van der Waals surface area (Å²) < 4.78 is 0. The molecule has 0 fully saturated rings. The molecule has 0 bridgehead atoms. The third kappa shape index (κ3) is 3.95. The highest BCUT2D eigenvalue weighted by atomic mass is 16.1. The Morgan fingerprint density at radius 1 is 1.00 bits per heavy atom. The first-order valence-electron chi connectivity index (χ1n) is 7.02. The number of hydrogen-bond donors (Lipinski definition) is 2. The van der Waals surface area contributed by atoms with Crippen molar-refractivity contribution in [2.24, 2.45) is 0 Å². The fourth-order valence-corrected chi connectivity index (χ4v) is 1.86. The number of carbonyl (C=O) groups excluding carboxylic acids is 1. The summed E-state index contributed by atoms with van der Waals surface area (Å²) in [7, 11) is 0. The van der Waals surface area contributed by atoms with Gasteiger partial charge in [0, 0.05) is 24.8 Å². The lowest BCUT2D eigenvalue weighted by Gasteiger charge is -2.04. The van der Waals surface area contributed by atoms with E-state index < -0.39 is 0 Å². The van der Waals surface area contributed by atoms with Gasteiger partial charge < -0.3 is 5.73 Å². The molecule has 3 aromatic rings. The van der Waals surface area contributed by atoms with Gasteiger partial charge in [0.25, 0.3) is 5.91 Å². The minimum atomic E-state index is -0.379. The lowest BCUT2D eigenvalue weighted by atomic mass is 10.2. The summed E-state index contributed by atoms with van der Waals surface area (Å²) in [6, 6.07) is 7.01. The molecule has 0 spiro atoms. The third-order valence-electron chi connectivity index (χ3n) is 2.93. The van der Waals surface area contributed by atoms with E-state index in [1.807, 2.05) is 12.1 Å². The summed E-state index contributed by atoms with van der Waals surface area (Å²) in [6.45, 7) is 0. The van der Waals surface area contributed by atoms with Gasteiger partial charge in [-0.2, -0.15) is 15.0 Å². The van der Waals surface area contributed by atoms with Crippen LogP contribution >= 0.6 is 0 Å². The lowest BCUT2D eigenvalue weighted by Crippen LogP contribution is -2.16. The van der Waals surface area contributed by atoms with Gasteiger partial charge in [0.1, 0.15) is 0 Å². The number of hydrogen-bond acceptors (Lipinski definition) is 7. The smallest absolute Gasteiger partial charge is 0.259 e. The van der Waals surface area contributed by atoms with Crippen molar-refractivity contribution in [2.45, 2.75) is 0 Å². The van der Waals surface area contributed by atoms with Crippen molar-refractivity contribution < 1.29 is 4.79 Å². The molecule has 0 radical (unpaired) electrons. The van der Waals surface area contributed by atoms with Gasteiger partial charge in [-0.15, -0.1) is 0 Å². The second kappa shape index (κ2) is 7.05. The molecule has 0 aliphatic heterocycles. The van der Waals surface area contributed by atoms with Crippen LogP contribution in [0.1, 0.15) is 21.7 Å². The van der Waals surface area contributed by atoms with Gasteiger partial charge in [-0.1, -0.05) is 6.07 Å². The highest BCUT2D eigenvalue weighted by Crippen LogP contribution is 2.08. The molecule has 3 heterocycles. The molecule has 8 heteroatoms. The number of pyridine rings is 2. The molecule has 0 atom stereocenters. The summed E-state index contributed by atoms with van der Waals surface area (Å²) in [5.74, 6) is 0.0308. The Morgan fingerprint density at radius 2 is 1.79 bits per heavy atom. The van der Waals surface area contributed by atoms with Crippen LogP contribution in [0.5, 0.6) is 0 Å². The van der Waals surface area contributed by atoms with Crippen LogP contribution in [0.3, 0.4) is 0 Å². The predicted molar refractivity (Wildman–Crippen MR) is 89.6 cm³/mol. The van der Waals surface area contributed by atoms with Crippen LogP contribution in [-0.2, 0) is 0 Å². The Bertz CT molecular complexity index is 866. The summed E-state index contributed by atoms with van der Waals surface area (Å²) in [4.78, 5) is 32.1. The Balaban J connectivity index is 1.79. The van der Waals surface area contributed by atoms with E-state index in [0.717, 1.165) is 5.56 Å². The van der Waals surface area contributed by atoms with E-state index in [0.29, 0.717) is 11.4 Å². The van der Waals surface area contributed by atoms with Crippen molar-refractivity contribution in [1.29, 1.82) is 0 Å². The van der Waals surface area contributed by atoms with Gasteiger partial charge in [0.2, 0.25) is 11.9 Å². The minimum Gasteiger partial charge on any atom is -0.368 e. The fourth-order valence-electron chi connectivity index (χ4n) is 1.86. The Labute approximate surface area is 137 Å². The molecule has 118 valence electrons. The van der Waals surface area contributed by atoms with Gasteiger partial charge in [-0.05, 0) is 35.9 Å². The van der Waals surface area contributed by atoms with Gasteiger partial charge in [0.15, 0.2) is 5.82 Å². The number of rotatable bonds is 4. The van der Waals surface area contributed by atoms with Crippen molar-refractivity contribution in [3.05, 3.63) is 66.0 Å². The van der Waals surface area contributed by atoms with E-state index in [9.17, 15) is 4.79 Å². The topological polar surface area (TPSA) is 120 Å². The van der Waals surface area contributed by atoms with Crippen molar-refractivity contribution in [3.63, 3.8) is 0 Å². The monoisotopic (exact) mass is 319 g/mol. The Morgan fingerprint density at radius 3 is 2.50 bits per heavy atom. The van der Waals surface area contributed by atoms with Gasteiger partial charge >= 0.3 is 0 Å². The van der Waals surface area contributed by atoms with Crippen LogP contribution in [0, 0.1) is 0 Å². The summed E-state index contributed by atoms with van der Waals surface area (Å²) in [5.41, 5.74) is 6.95. The minimum absolute atomic E-state index is 0.0114. The lowest BCUT2D eigenvalue weighted by molar-refractivity contribution is 0.102. The van der Waals surface area contributed by atoms with Crippen LogP contribution in [0.25, 0.3) is 12.2 Å². The van der Waals surface area contributed by atoms with Crippen molar-refractivity contribution in [1.82, 2.24) is 24.9 Å². The quantitative estimate of drug-likeness (QED) is 0.750. The highest BCUT2D eigenvalue weighted by molar-refractivity contribution is 6.03. The Hall–Kier alpha value is -3.68. The first-order valence-corrected chi connectivity index (χ1v) is 7.02. The van der Waals surface area contributed by atoms with Crippen LogP contribution in [0.15, 0.2) is 49.1 Å². The molecular formula is C16H13N7O. The number of anilines is 2. The molecular weight excluding hydrogens is 306 g/mol. The maximum Gasteiger partial charge on any atom is 0.259 e. The van der Waals surface area contributed by atoms with Crippen molar-refractivity contribution >= 4 is 30.0 Å². The molecule has 8 nitrogen and oxygen atoms in total. The van der Waals surface area contributed by atoms with Gasteiger partial charge in [0.05, 0.1) is 5.56 Å². The number of amides is 1. The largest absolute Gasteiger partial charge is 0.368 e. The second-order valence-corrected chi connectivity index (χ2v) is 4.69. The summed E-state index contributed by atoms with van der Waals surface area (Å²) in [6.07, 6.45) is 9.86. The third-order valence-corrected chi connectivity index (χ3v) is 2.93. The number of nitrogen functional groups attached to an aromatic ring is 1. The Kier molecular flexibility index (Phi) is 4.47. The van der Waals surface area contributed by atoms with Crippen molar-refractivity contribution in [3.8, 4) is 0 Å². The van der Waals surface area contributed by atoms with E-state index >= 15 is 0 Å². The SMILES string of the molecule is Nc1nc(C=Cc2cccnc2)nc(NC(=O)c2cccnc2)n1. The number of nitrogens with two attached hydrogens (primary N) is 1. The average Bonchev–Trinajstić information content (AvgIpc) is 2.61. The molecule has 3 N–H and O–H groups in total. The van der Waals surface area contributed by atoms with Gasteiger partial charge in [-0.3, -0.25) is 20.1 Å². The van der Waals surface area contributed by atoms with Crippen LogP contribution < -0.4 is 11.1 Å². The molecule has 0 saturated heterocycles. The van der Waals surface area contributed by atoms with Crippen LogP contribution in [0.2, 0.25) is 0 Å². The normalized spacial score (nSPS) is 10.7. The number of aromatic nitrogens is 5. The zero-order valence-corrected chi connectivity index (χ0v) is 12.5. The van der Waals surface area contributed by atoms with Crippen LogP contribution in [0.4, 0.5) is 11.9 Å². The van der Waals surface area contributed by atoms with E-state index in [1.165, 1.54) is 6.20 Å². The van der Waals surface area contributed by atoms with Crippen molar-refractivity contribution in [2.75, 3.05) is 11.1 Å². The maximum absolute atomic E-state index is 12.1. The zero-order valence-electron chi connectivity index (χ0n) is 12.5. The summed E-state index contributed by atoms with van der Waals surface area (Å²) >= 11 is 0. The van der Waals surface area contributed by atoms with Crippen LogP contribution in [-0.4, -0.2) is 30.8 Å². The molecule has 0 aliphatic rings. The van der Waals surface area contributed by atoms with E-state index in [-0.39, 0.29) is 17.8 Å². The van der Waals surface area contributed by atoms with E-state index in [4.69, 9.17) is 5.73 Å². The summed E-state index contributed by atoms with van der Waals surface area (Å²) in [5, 5.41) is 2.57. The first kappa shape index (κ1) is 15.2. The zero-order chi connectivity index (χ0) is 16.8. The molecule has 1 amide bonds. The standard InChI is InChI=1S/C16H13N7O/c17-15-20-13(6-5-11-3-1-7-18-9-11)21-16(23-15)22-14(24)12-4-2-8-19-10-12/h1-10H,(H3,17,20,21,22,23,24). The highest BCUT2D eigenvalue weighted by Gasteiger charge is 2.09. The predicted octanol–water partition coefficient (Wildman–Crippen LogP) is 1.67. The molecule has 24 heavy (non-hydrogen) atoms. The molecule has 0 aromatic carbocycles. The second-order valence-electron chi connectivity index (χ2n) is 4.69. The number of nitrogens with one attached hydrogen (secondary N) is 1.